The van der Waals surface area contributed by atoms with Gasteiger partial charge in [0.05, 0.1) is 23.2 Å². The van der Waals surface area contributed by atoms with Crippen molar-refractivity contribution in [3.8, 4) is 0 Å². The van der Waals surface area contributed by atoms with Crippen molar-refractivity contribution in [2.75, 3.05) is 31.8 Å². The van der Waals surface area contributed by atoms with Gasteiger partial charge in [-0.1, -0.05) is 12.1 Å². The lowest BCUT2D eigenvalue weighted by Crippen LogP contribution is -2.28. The van der Waals surface area contributed by atoms with Gasteiger partial charge in [0.25, 0.3) is 0 Å². The summed E-state index contributed by atoms with van der Waals surface area (Å²) in [6, 6.07) is 6.83. The molecule has 5 nitrogen and oxygen atoms in total. The predicted octanol–water partition coefficient (Wildman–Crippen LogP) is 0.866. The van der Waals surface area contributed by atoms with E-state index in [1.165, 1.54) is 6.26 Å². The molecule has 0 saturated carbocycles. The predicted molar refractivity (Wildman–Crippen MR) is 72.5 cm³/mol. The molecule has 0 aliphatic rings. The summed E-state index contributed by atoms with van der Waals surface area (Å²) >= 11 is 0. The number of para-hydroxylation sites is 1. The molecule has 6 heteroatoms. The average molecular weight is 272 g/mol. The minimum absolute atomic E-state index is 0.00269. The molecule has 0 radical (unpaired) electrons. The number of nitrogens with one attached hydrogen (secondary N) is 1. The van der Waals surface area contributed by atoms with Gasteiger partial charge in [-0.25, -0.2) is 8.42 Å². The van der Waals surface area contributed by atoms with Crippen molar-refractivity contribution in [1.29, 1.82) is 0 Å². The number of benzene rings is 1. The molecule has 18 heavy (non-hydrogen) atoms. The molecule has 0 bridgehead atoms. The number of hydrogen-bond acceptors (Lipinski definition) is 5. The van der Waals surface area contributed by atoms with Crippen LogP contribution in [0.1, 0.15) is 6.42 Å². The molecule has 0 amide bonds. The van der Waals surface area contributed by atoms with Crippen LogP contribution < -0.4 is 11.1 Å². The van der Waals surface area contributed by atoms with Crippen LogP contribution in [0.4, 0.5) is 5.69 Å². The lowest BCUT2D eigenvalue weighted by Gasteiger charge is -2.20. The second-order valence-corrected chi connectivity index (χ2v) is 6.13. The molecule has 0 saturated heterocycles. The maximum atomic E-state index is 11.7. The van der Waals surface area contributed by atoms with Gasteiger partial charge in [-0.15, -0.1) is 0 Å². The normalized spacial score (nSPS) is 13.3. The van der Waals surface area contributed by atoms with Gasteiger partial charge in [0.2, 0.25) is 0 Å². The number of methoxy groups -OCH3 is 1. The minimum atomic E-state index is -3.24. The van der Waals surface area contributed by atoms with Crippen LogP contribution in [-0.4, -0.2) is 41.0 Å². The van der Waals surface area contributed by atoms with Crippen molar-refractivity contribution in [3.63, 3.8) is 0 Å². The van der Waals surface area contributed by atoms with Crippen molar-refractivity contribution in [2.45, 2.75) is 17.4 Å². The third-order valence-electron chi connectivity index (χ3n) is 2.53. The summed E-state index contributed by atoms with van der Waals surface area (Å²) in [6.45, 7) is 0.997. The summed E-state index contributed by atoms with van der Waals surface area (Å²) in [4.78, 5) is 0.295. The summed E-state index contributed by atoms with van der Waals surface area (Å²) in [6.07, 6.45) is 1.91. The zero-order valence-corrected chi connectivity index (χ0v) is 11.5. The summed E-state index contributed by atoms with van der Waals surface area (Å²) in [7, 11) is -1.64. The third-order valence-corrected chi connectivity index (χ3v) is 3.68. The van der Waals surface area contributed by atoms with Gasteiger partial charge < -0.3 is 15.8 Å². The lowest BCUT2D eigenvalue weighted by molar-refractivity contribution is 0.183. The molecule has 0 heterocycles. The molecule has 1 unspecified atom stereocenters. The first-order valence-corrected chi connectivity index (χ1v) is 7.62. The van der Waals surface area contributed by atoms with Crippen molar-refractivity contribution < 1.29 is 13.2 Å². The van der Waals surface area contributed by atoms with Crippen molar-refractivity contribution in [1.82, 2.24) is 0 Å². The Balaban J connectivity index is 2.95. The van der Waals surface area contributed by atoms with E-state index >= 15 is 0 Å². The Hall–Kier alpha value is -1.11. The molecule has 0 aliphatic heterocycles. The number of anilines is 1. The van der Waals surface area contributed by atoms with Crippen LogP contribution in [-0.2, 0) is 14.6 Å². The van der Waals surface area contributed by atoms with Gasteiger partial charge in [0.15, 0.2) is 9.84 Å². The standard InChI is InChI=1S/C12H20N2O3S/c1-17-9-10(7-8-13)14-11-5-3-4-6-12(11)18(2,15)16/h3-6,10,14H,7-9,13H2,1-2H3. The first kappa shape index (κ1) is 14.9. The first-order valence-electron chi connectivity index (χ1n) is 5.73. The van der Waals surface area contributed by atoms with Crippen LogP contribution in [0.5, 0.6) is 0 Å². The summed E-state index contributed by atoms with van der Waals surface area (Å²) < 4.78 is 28.4. The Morgan fingerprint density at radius 2 is 2.06 bits per heavy atom. The quantitative estimate of drug-likeness (QED) is 0.769. The number of nitrogens with two attached hydrogens (primary N) is 1. The Labute approximate surface area is 108 Å². The average Bonchev–Trinajstić information content (AvgIpc) is 2.29. The second-order valence-electron chi connectivity index (χ2n) is 4.14. The van der Waals surface area contributed by atoms with E-state index in [9.17, 15) is 8.42 Å². The largest absolute Gasteiger partial charge is 0.383 e. The molecule has 0 aliphatic carbocycles. The van der Waals surface area contributed by atoms with Crippen LogP contribution in [0.25, 0.3) is 0 Å². The molecule has 1 atom stereocenters. The molecule has 0 spiro atoms. The van der Waals surface area contributed by atoms with Crippen molar-refractivity contribution >= 4 is 15.5 Å². The monoisotopic (exact) mass is 272 g/mol. The van der Waals surface area contributed by atoms with E-state index < -0.39 is 9.84 Å². The zero-order chi connectivity index (χ0) is 13.6. The van der Waals surface area contributed by atoms with E-state index in [-0.39, 0.29) is 6.04 Å². The highest BCUT2D eigenvalue weighted by Gasteiger charge is 2.15. The number of rotatable bonds is 7. The lowest BCUT2D eigenvalue weighted by atomic mass is 10.2. The van der Waals surface area contributed by atoms with Gasteiger partial charge in [0.1, 0.15) is 0 Å². The highest BCUT2D eigenvalue weighted by atomic mass is 32.2. The Morgan fingerprint density at radius 1 is 1.39 bits per heavy atom. The molecular weight excluding hydrogens is 252 g/mol. The van der Waals surface area contributed by atoms with Crippen LogP contribution in [0.15, 0.2) is 29.2 Å². The fraction of sp³-hybridized carbons (Fsp3) is 0.500. The summed E-state index contributed by atoms with van der Waals surface area (Å²) in [5.41, 5.74) is 6.12. The number of sulfone groups is 1. The van der Waals surface area contributed by atoms with E-state index in [1.807, 2.05) is 0 Å². The number of ether oxygens (including phenoxy) is 1. The van der Waals surface area contributed by atoms with Crippen LogP contribution >= 0.6 is 0 Å². The maximum absolute atomic E-state index is 11.7. The van der Waals surface area contributed by atoms with Crippen LogP contribution in [0.2, 0.25) is 0 Å². The van der Waals surface area contributed by atoms with Gasteiger partial charge in [-0.05, 0) is 25.1 Å². The third kappa shape index (κ3) is 4.29. The van der Waals surface area contributed by atoms with Crippen LogP contribution in [0.3, 0.4) is 0 Å². The molecule has 0 aromatic heterocycles. The Morgan fingerprint density at radius 3 is 2.61 bits per heavy atom. The van der Waals surface area contributed by atoms with Crippen molar-refractivity contribution in [3.05, 3.63) is 24.3 Å². The Bertz CT molecular complexity index is 468. The smallest absolute Gasteiger partial charge is 0.177 e. The van der Waals surface area contributed by atoms with Gasteiger partial charge >= 0.3 is 0 Å². The van der Waals surface area contributed by atoms with E-state index in [0.29, 0.717) is 30.2 Å². The molecule has 0 fully saturated rings. The minimum Gasteiger partial charge on any atom is -0.383 e. The second kappa shape index (κ2) is 6.72. The first-order chi connectivity index (χ1) is 8.49. The highest BCUT2D eigenvalue weighted by Crippen LogP contribution is 2.21. The molecule has 3 N–H and O–H groups in total. The molecule has 1 aromatic carbocycles. The SMILES string of the molecule is COCC(CCN)Nc1ccccc1S(C)(=O)=O. The van der Waals surface area contributed by atoms with Crippen LogP contribution in [0, 0.1) is 0 Å². The molecule has 1 aromatic rings. The summed E-state index contributed by atoms with van der Waals surface area (Å²) in [5.74, 6) is 0. The fourth-order valence-electron chi connectivity index (χ4n) is 1.73. The van der Waals surface area contributed by atoms with E-state index in [1.54, 1.807) is 31.4 Å². The highest BCUT2D eigenvalue weighted by molar-refractivity contribution is 7.90. The Kier molecular flexibility index (Phi) is 5.58. The summed E-state index contributed by atoms with van der Waals surface area (Å²) in [5, 5.41) is 3.17. The maximum Gasteiger partial charge on any atom is 0.177 e. The molecular formula is C12H20N2O3S. The number of hydrogen-bond donors (Lipinski definition) is 2. The van der Waals surface area contributed by atoms with E-state index in [0.717, 1.165) is 0 Å². The topological polar surface area (TPSA) is 81.4 Å². The van der Waals surface area contributed by atoms with Gasteiger partial charge in [-0.3, -0.25) is 0 Å². The van der Waals surface area contributed by atoms with E-state index in [2.05, 4.69) is 5.32 Å². The van der Waals surface area contributed by atoms with E-state index in [4.69, 9.17) is 10.5 Å². The fourth-order valence-corrected chi connectivity index (χ4v) is 2.58. The van der Waals surface area contributed by atoms with Crippen molar-refractivity contribution in [2.24, 2.45) is 5.73 Å². The molecule has 1 rings (SSSR count). The molecule has 102 valence electrons. The zero-order valence-electron chi connectivity index (χ0n) is 10.7. The van der Waals surface area contributed by atoms with Gasteiger partial charge in [-0.2, -0.15) is 0 Å². The van der Waals surface area contributed by atoms with Gasteiger partial charge in [0, 0.05) is 13.4 Å².